The van der Waals surface area contributed by atoms with Crippen LogP contribution in [0.4, 0.5) is 0 Å². The lowest BCUT2D eigenvalue weighted by Crippen LogP contribution is -1.93. The number of aryl methyl sites for hydroxylation is 1. The molecule has 0 bridgehead atoms. The van der Waals surface area contributed by atoms with Gasteiger partial charge in [0, 0.05) is 12.4 Å². The number of aromatic nitrogens is 2. The second kappa shape index (κ2) is 4.96. The fourth-order valence-corrected chi connectivity index (χ4v) is 1.61. The van der Waals surface area contributed by atoms with Gasteiger partial charge in [-0.05, 0) is 24.5 Å². The molecule has 2 aromatic rings. The fourth-order valence-electron chi connectivity index (χ4n) is 1.61. The van der Waals surface area contributed by atoms with Gasteiger partial charge >= 0.3 is 0 Å². The van der Waals surface area contributed by atoms with Crippen molar-refractivity contribution in [2.75, 3.05) is 0 Å². The summed E-state index contributed by atoms with van der Waals surface area (Å²) in [5, 5.41) is 0. The van der Waals surface area contributed by atoms with E-state index in [1.54, 1.807) is 0 Å². The first kappa shape index (κ1) is 11.8. The van der Waals surface area contributed by atoms with Crippen LogP contribution < -0.4 is 0 Å². The number of fused-ring (bicyclic) bond motifs is 1. The Balaban J connectivity index is 0.000000531. The molecule has 0 spiro atoms. The van der Waals surface area contributed by atoms with E-state index in [-0.39, 0.29) is 0 Å². The fraction of sp³-hybridized carbons (Fsp3) is 0.462. The first-order valence-corrected chi connectivity index (χ1v) is 5.62. The summed E-state index contributed by atoms with van der Waals surface area (Å²) in [5.74, 6) is 0.533. The predicted molar refractivity (Wildman–Crippen MR) is 65.4 cm³/mol. The lowest BCUT2D eigenvalue weighted by molar-refractivity contribution is 0.863. The Morgan fingerprint density at radius 2 is 1.93 bits per heavy atom. The largest absolute Gasteiger partial charge is 0.307 e. The van der Waals surface area contributed by atoms with Crippen LogP contribution in [0.3, 0.4) is 0 Å². The third kappa shape index (κ3) is 2.38. The average Bonchev–Trinajstić information content (AvgIpc) is 2.60. The van der Waals surface area contributed by atoms with E-state index in [0.29, 0.717) is 5.92 Å². The Labute approximate surface area is 92.0 Å². The minimum absolute atomic E-state index is 0.533. The monoisotopic (exact) mass is 204 g/mol. The molecule has 2 rings (SSSR count). The molecule has 2 heterocycles. The van der Waals surface area contributed by atoms with Gasteiger partial charge in [0.2, 0.25) is 0 Å². The van der Waals surface area contributed by atoms with Crippen LogP contribution in [-0.2, 0) is 0 Å². The standard InChI is InChI=1S/C11H14N2.C2H6/c1-8(2)10-5-4-6-13-7-9(3)12-11(10)13;1-2/h4-8H,1-3H3;1-2H3. The van der Waals surface area contributed by atoms with Crippen molar-refractivity contribution < 1.29 is 0 Å². The zero-order chi connectivity index (χ0) is 11.4. The summed E-state index contributed by atoms with van der Waals surface area (Å²) in [6.07, 6.45) is 4.10. The number of rotatable bonds is 1. The number of hydrogen-bond donors (Lipinski definition) is 0. The summed E-state index contributed by atoms with van der Waals surface area (Å²) in [6, 6.07) is 4.22. The molecule has 0 N–H and O–H groups in total. The molecule has 0 unspecified atom stereocenters. The number of imidazole rings is 1. The van der Waals surface area contributed by atoms with Crippen LogP contribution in [-0.4, -0.2) is 9.38 Å². The molecule has 0 aliphatic heterocycles. The molecule has 2 aromatic heterocycles. The molecule has 0 radical (unpaired) electrons. The second-order valence-electron chi connectivity index (χ2n) is 3.73. The smallest absolute Gasteiger partial charge is 0.140 e. The zero-order valence-corrected chi connectivity index (χ0v) is 10.3. The van der Waals surface area contributed by atoms with Gasteiger partial charge in [-0.3, -0.25) is 0 Å². The van der Waals surface area contributed by atoms with Crippen molar-refractivity contribution in [1.82, 2.24) is 9.38 Å². The second-order valence-corrected chi connectivity index (χ2v) is 3.73. The molecule has 2 heteroatoms. The maximum atomic E-state index is 4.50. The van der Waals surface area contributed by atoms with Crippen LogP contribution in [0.2, 0.25) is 0 Å². The van der Waals surface area contributed by atoms with Crippen molar-refractivity contribution in [2.45, 2.75) is 40.5 Å². The van der Waals surface area contributed by atoms with E-state index in [0.717, 1.165) is 11.3 Å². The van der Waals surface area contributed by atoms with Crippen molar-refractivity contribution in [3.8, 4) is 0 Å². The van der Waals surface area contributed by atoms with Gasteiger partial charge in [0.15, 0.2) is 0 Å². The molecule has 0 fully saturated rings. The van der Waals surface area contributed by atoms with Crippen LogP contribution in [0, 0.1) is 6.92 Å². The molecule has 0 aromatic carbocycles. The SMILES string of the molecule is CC.Cc1cn2cccc(C(C)C)c2n1. The summed E-state index contributed by atoms with van der Waals surface area (Å²) < 4.78 is 2.09. The lowest BCUT2D eigenvalue weighted by Gasteiger charge is -2.05. The average molecular weight is 204 g/mol. The van der Waals surface area contributed by atoms with Gasteiger partial charge in [-0.15, -0.1) is 0 Å². The molecule has 0 amide bonds. The number of nitrogens with zero attached hydrogens (tertiary/aromatic N) is 2. The molecular formula is C13H20N2. The lowest BCUT2D eigenvalue weighted by atomic mass is 10.1. The topological polar surface area (TPSA) is 17.3 Å². The van der Waals surface area contributed by atoms with Gasteiger partial charge in [-0.25, -0.2) is 4.98 Å². The molecule has 0 aliphatic rings. The molecule has 0 saturated heterocycles. The molecule has 0 atom stereocenters. The Kier molecular flexibility index (Phi) is 3.89. The van der Waals surface area contributed by atoms with E-state index in [4.69, 9.17) is 0 Å². The minimum Gasteiger partial charge on any atom is -0.307 e. The van der Waals surface area contributed by atoms with Gasteiger partial charge in [0.1, 0.15) is 5.65 Å². The van der Waals surface area contributed by atoms with Gasteiger partial charge in [0.25, 0.3) is 0 Å². The molecule has 0 aliphatic carbocycles. The minimum atomic E-state index is 0.533. The van der Waals surface area contributed by atoms with Crippen molar-refractivity contribution in [3.05, 3.63) is 35.8 Å². The Morgan fingerprint density at radius 3 is 2.53 bits per heavy atom. The van der Waals surface area contributed by atoms with Gasteiger partial charge < -0.3 is 4.40 Å². The first-order chi connectivity index (χ1) is 7.18. The quantitative estimate of drug-likeness (QED) is 0.690. The molecule has 82 valence electrons. The van der Waals surface area contributed by atoms with E-state index in [9.17, 15) is 0 Å². The molecule has 2 nitrogen and oxygen atoms in total. The van der Waals surface area contributed by atoms with E-state index in [1.165, 1.54) is 5.56 Å². The highest BCUT2D eigenvalue weighted by molar-refractivity contribution is 5.50. The van der Waals surface area contributed by atoms with Crippen LogP contribution >= 0.6 is 0 Å². The normalized spacial score (nSPS) is 10.3. The number of hydrogen-bond acceptors (Lipinski definition) is 1. The Hall–Kier alpha value is -1.31. The van der Waals surface area contributed by atoms with E-state index < -0.39 is 0 Å². The Morgan fingerprint density at radius 1 is 1.27 bits per heavy atom. The summed E-state index contributed by atoms with van der Waals surface area (Å²) in [4.78, 5) is 4.50. The van der Waals surface area contributed by atoms with Gasteiger partial charge in [-0.1, -0.05) is 33.8 Å². The van der Waals surface area contributed by atoms with Crippen LogP contribution in [0.5, 0.6) is 0 Å². The molecule has 0 saturated carbocycles. The third-order valence-corrected chi connectivity index (χ3v) is 2.26. The Bertz CT molecular complexity index is 427. The van der Waals surface area contributed by atoms with Crippen LogP contribution in [0.1, 0.15) is 44.9 Å². The summed E-state index contributed by atoms with van der Waals surface area (Å²) in [7, 11) is 0. The van der Waals surface area contributed by atoms with E-state index in [2.05, 4.69) is 41.6 Å². The summed E-state index contributed by atoms with van der Waals surface area (Å²) in [5.41, 5.74) is 3.48. The third-order valence-electron chi connectivity index (χ3n) is 2.26. The molecular weight excluding hydrogens is 184 g/mol. The number of pyridine rings is 1. The molecule has 15 heavy (non-hydrogen) atoms. The highest BCUT2D eigenvalue weighted by atomic mass is 15.0. The summed E-state index contributed by atoms with van der Waals surface area (Å²) in [6.45, 7) is 10.4. The van der Waals surface area contributed by atoms with Crippen LogP contribution in [0.25, 0.3) is 5.65 Å². The van der Waals surface area contributed by atoms with Crippen molar-refractivity contribution in [1.29, 1.82) is 0 Å². The zero-order valence-electron chi connectivity index (χ0n) is 10.3. The van der Waals surface area contributed by atoms with Crippen molar-refractivity contribution in [3.63, 3.8) is 0 Å². The highest BCUT2D eigenvalue weighted by Gasteiger charge is 2.06. The van der Waals surface area contributed by atoms with Crippen molar-refractivity contribution in [2.24, 2.45) is 0 Å². The maximum absolute atomic E-state index is 4.50. The summed E-state index contributed by atoms with van der Waals surface area (Å²) >= 11 is 0. The van der Waals surface area contributed by atoms with Crippen molar-refractivity contribution >= 4 is 5.65 Å². The maximum Gasteiger partial charge on any atom is 0.140 e. The van der Waals surface area contributed by atoms with E-state index in [1.807, 2.05) is 27.0 Å². The first-order valence-electron chi connectivity index (χ1n) is 5.62. The highest BCUT2D eigenvalue weighted by Crippen LogP contribution is 2.19. The van der Waals surface area contributed by atoms with Gasteiger partial charge in [0.05, 0.1) is 5.69 Å². The van der Waals surface area contributed by atoms with Crippen LogP contribution in [0.15, 0.2) is 24.5 Å². The van der Waals surface area contributed by atoms with Gasteiger partial charge in [-0.2, -0.15) is 0 Å². The predicted octanol–water partition coefficient (Wildman–Crippen LogP) is 3.79. The van der Waals surface area contributed by atoms with E-state index >= 15 is 0 Å².